The minimum absolute atomic E-state index is 0. The summed E-state index contributed by atoms with van der Waals surface area (Å²) in [6.07, 6.45) is 2.95. The van der Waals surface area contributed by atoms with Gasteiger partial charge in [-0.05, 0) is 0 Å². The third kappa shape index (κ3) is 9.04. The van der Waals surface area contributed by atoms with E-state index in [2.05, 4.69) is 11.3 Å². The van der Waals surface area contributed by atoms with Gasteiger partial charge in [0.1, 0.15) is 6.61 Å². The van der Waals surface area contributed by atoms with E-state index in [1.54, 1.807) is 0 Å². The molecule has 0 atom stereocenters. The van der Waals surface area contributed by atoms with Gasteiger partial charge in [-0.25, -0.2) is 9.59 Å². The van der Waals surface area contributed by atoms with Gasteiger partial charge in [-0.2, -0.15) is 0 Å². The van der Waals surface area contributed by atoms with Crippen LogP contribution in [-0.2, 0) is 33.8 Å². The van der Waals surface area contributed by atoms with Gasteiger partial charge in [0, 0.05) is 31.6 Å². The Kier molecular flexibility index (Phi) is 9.24. The van der Waals surface area contributed by atoms with Crippen molar-refractivity contribution in [3.05, 3.63) is 24.8 Å². The van der Waals surface area contributed by atoms with Crippen LogP contribution in [0.4, 0.5) is 0 Å². The van der Waals surface area contributed by atoms with Gasteiger partial charge in [0.25, 0.3) is 0 Å². The first-order valence-electron chi connectivity index (χ1n) is 2.85. The summed E-state index contributed by atoms with van der Waals surface area (Å²) in [6, 6.07) is 0. The van der Waals surface area contributed by atoms with E-state index in [4.69, 9.17) is 5.11 Å². The van der Waals surface area contributed by atoms with Crippen LogP contribution in [0.1, 0.15) is 0 Å². The smallest absolute Gasteiger partial charge is 0.331 e. The maximum Gasteiger partial charge on any atom is 0.331 e. The third-order valence-corrected chi connectivity index (χ3v) is 0.705. The van der Waals surface area contributed by atoms with E-state index < -0.39 is 11.9 Å². The van der Waals surface area contributed by atoms with Gasteiger partial charge in [0.05, 0.1) is 0 Å². The molecule has 0 rings (SSSR count). The summed E-state index contributed by atoms with van der Waals surface area (Å²) in [5, 5.41) is 8.07. The number of aliphatic carboxylic acids is 1. The Hall–Kier alpha value is -0.957. The Morgan fingerprint density at radius 3 is 2.42 bits per heavy atom. The molecular weight excluding hydrogens is 213 g/mol. The molecule has 0 heterocycles. The molecule has 0 aromatic carbocycles. The van der Waals surface area contributed by atoms with Gasteiger partial charge in [0.2, 0.25) is 0 Å². The average molecular weight is 222 g/mol. The molecule has 0 amide bonds. The van der Waals surface area contributed by atoms with Crippen molar-refractivity contribution in [1.29, 1.82) is 0 Å². The quantitative estimate of drug-likeness (QED) is 0.322. The number of rotatable bonds is 4. The van der Waals surface area contributed by atoms with E-state index in [-0.39, 0.29) is 26.1 Å². The first-order chi connectivity index (χ1) is 5.16. The predicted molar refractivity (Wildman–Crippen MR) is 37.9 cm³/mol. The molecule has 0 saturated carbocycles. The molecule has 0 bridgehead atoms. The Morgan fingerprint density at radius 1 is 1.42 bits per heavy atom. The summed E-state index contributed by atoms with van der Waals surface area (Å²) in [6.45, 7) is 3.40. The molecular formula is C7H8O4Zn. The average Bonchev–Trinajstić information content (AvgIpc) is 1.97. The number of carbonyl (C=O) groups excluding carboxylic acids is 1. The van der Waals surface area contributed by atoms with E-state index in [0.29, 0.717) is 6.08 Å². The molecule has 0 radical (unpaired) electrons. The van der Waals surface area contributed by atoms with E-state index in [1.165, 1.54) is 6.08 Å². The Balaban J connectivity index is 0. The molecule has 1 N–H and O–H groups in total. The molecule has 5 heteroatoms. The van der Waals surface area contributed by atoms with E-state index >= 15 is 0 Å². The molecule has 0 aliphatic rings. The summed E-state index contributed by atoms with van der Waals surface area (Å²) >= 11 is 0. The fourth-order valence-corrected chi connectivity index (χ4v) is 0.329. The van der Waals surface area contributed by atoms with Crippen LogP contribution in [0.15, 0.2) is 24.8 Å². The van der Waals surface area contributed by atoms with Crippen molar-refractivity contribution >= 4 is 11.9 Å². The Morgan fingerprint density at radius 2 is 2.00 bits per heavy atom. The summed E-state index contributed by atoms with van der Waals surface area (Å²) in [7, 11) is 0. The van der Waals surface area contributed by atoms with Gasteiger partial charge in [0.15, 0.2) is 0 Å². The molecule has 0 fully saturated rings. The first-order valence-corrected chi connectivity index (χ1v) is 2.85. The van der Waals surface area contributed by atoms with Crippen molar-refractivity contribution in [3.63, 3.8) is 0 Å². The van der Waals surface area contributed by atoms with Crippen molar-refractivity contribution < 1.29 is 38.9 Å². The number of hydrogen-bond donors (Lipinski definition) is 1. The zero-order valence-electron chi connectivity index (χ0n) is 6.53. The summed E-state index contributed by atoms with van der Waals surface area (Å²) < 4.78 is 4.43. The van der Waals surface area contributed by atoms with Crippen LogP contribution in [0.5, 0.6) is 0 Å². The Bertz CT molecular complexity index is 198. The molecule has 0 saturated heterocycles. The number of carboxylic acid groups (broad SMARTS) is 1. The first kappa shape index (κ1) is 13.6. The van der Waals surface area contributed by atoms with Gasteiger partial charge in [-0.3, -0.25) is 0 Å². The normalized spacial score (nSPS) is 8.67. The van der Waals surface area contributed by atoms with Crippen molar-refractivity contribution in [1.82, 2.24) is 0 Å². The predicted octanol–water partition coefficient (Wildman–Crippen LogP) is 0.354. The zero-order chi connectivity index (χ0) is 8.69. The third-order valence-electron chi connectivity index (χ3n) is 0.705. The largest absolute Gasteiger partial charge is 0.478 e. The van der Waals surface area contributed by atoms with Crippen LogP contribution in [0, 0.1) is 0 Å². The minimum Gasteiger partial charge on any atom is -0.478 e. The fourth-order valence-electron chi connectivity index (χ4n) is 0.329. The van der Waals surface area contributed by atoms with Crippen molar-refractivity contribution in [3.8, 4) is 0 Å². The monoisotopic (exact) mass is 220 g/mol. The minimum atomic E-state index is -1.18. The maximum absolute atomic E-state index is 10.5. The molecule has 0 spiro atoms. The van der Waals surface area contributed by atoms with Gasteiger partial charge < -0.3 is 9.84 Å². The molecule has 0 aromatic heterocycles. The summed E-state index contributed by atoms with van der Waals surface area (Å²) in [5.74, 6) is -1.87. The van der Waals surface area contributed by atoms with Crippen LogP contribution in [0.2, 0.25) is 0 Å². The van der Waals surface area contributed by atoms with Crippen LogP contribution < -0.4 is 0 Å². The number of esters is 1. The van der Waals surface area contributed by atoms with E-state index in [9.17, 15) is 9.59 Å². The van der Waals surface area contributed by atoms with E-state index in [1.807, 2.05) is 0 Å². The second-order valence-corrected chi connectivity index (χ2v) is 1.59. The molecule has 0 unspecified atom stereocenters. The van der Waals surface area contributed by atoms with Crippen LogP contribution in [-0.4, -0.2) is 23.7 Å². The van der Waals surface area contributed by atoms with Gasteiger partial charge in [-0.15, -0.1) is 0 Å². The second kappa shape index (κ2) is 8.14. The van der Waals surface area contributed by atoms with Gasteiger partial charge >= 0.3 is 11.9 Å². The number of hydrogen-bond acceptors (Lipinski definition) is 3. The van der Waals surface area contributed by atoms with Crippen LogP contribution in [0.3, 0.4) is 0 Å². The molecule has 4 nitrogen and oxygen atoms in total. The SMILES string of the molecule is C=CCOC(=O)/C=C/C(=O)O.[Zn]. The number of carbonyl (C=O) groups is 2. The number of ether oxygens (including phenoxy) is 1. The Labute approximate surface area is 82.7 Å². The van der Waals surface area contributed by atoms with Gasteiger partial charge in [-0.1, -0.05) is 12.7 Å². The van der Waals surface area contributed by atoms with Crippen LogP contribution in [0.25, 0.3) is 0 Å². The molecule has 0 aliphatic carbocycles. The van der Waals surface area contributed by atoms with Crippen molar-refractivity contribution in [2.24, 2.45) is 0 Å². The molecule has 0 aromatic rings. The van der Waals surface area contributed by atoms with Crippen molar-refractivity contribution in [2.45, 2.75) is 0 Å². The second-order valence-electron chi connectivity index (χ2n) is 1.59. The fraction of sp³-hybridized carbons (Fsp3) is 0.143. The topological polar surface area (TPSA) is 63.6 Å². The molecule has 62 valence electrons. The number of carboxylic acids is 1. The molecule has 0 aliphatic heterocycles. The molecule has 12 heavy (non-hydrogen) atoms. The van der Waals surface area contributed by atoms with E-state index in [0.717, 1.165) is 6.08 Å². The van der Waals surface area contributed by atoms with Crippen molar-refractivity contribution in [2.75, 3.05) is 6.61 Å². The van der Waals surface area contributed by atoms with Crippen LogP contribution >= 0.6 is 0 Å². The summed E-state index contributed by atoms with van der Waals surface area (Å²) in [4.78, 5) is 20.3. The maximum atomic E-state index is 10.5. The summed E-state index contributed by atoms with van der Waals surface area (Å²) in [5.41, 5.74) is 0. The standard InChI is InChI=1S/C7H8O4.Zn/c1-2-5-11-7(10)4-3-6(8)9;/h2-4H,1,5H2,(H,8,9);/b4-3+;. The zero-order valence-corrected chi connectivity index (χ0v) is 9.49.